The average Bonchev–Trinajstić information content (AvgIpc) is 3.19. The van der Waals surface area contributed by atoms with E-state index in [2.05, 4.69) is 22.2 Å². The summed E-state index contributed by atoms with van der Waals surface area (Å²) in [6, 6.07) is 9.32. The summed E-state index contributed by atoms with van der Waals surface area (Å²) >= 11 is 1.41. The number of nitrogens with one attached hydrogen (secondary N) is 2. The molecule has 1 aliphatic heterocycles. The molecule has 2 N–H and O–H groups in total. The number of likely N-dealkylation sites (tertiary alicyclic amines) is 1. The largest absolute Gasteiger partial charge is 0.347 e. The Morgan fingerprint density at radius 3 is 2.81 bits per heavy atom. The molecule has 1 amide bonds. The molecule has 1 fully saturated rings. The van der Waals surface area contributed by atoms with Gasteiger partial charge < -0.3 is 10.2 Å². The van der Waals surface area contributed by atoms with Crippen LogP contribution < -0.4 is 5.32 Å². The Morgan fingerprint density at radius 1 is 1.35 bits per heavy atom. The molecule has 1 aliphatic rings. The molecule has 0 radical (unpaired) electrons. The minimum atomic E-state index is -0.0953. The molecule has 3 rings (SSSR count). The summed E-state index contributed by atoms with van der Waals surface area (Å²) < 4.78 is 0. The van der Waals surface area contributed by atoms with Crippen LogP contribution in [0, 0.1) is 5.41 Å². The molecule has 0 atom stereocenters. The molecule has 136 valence electrons. The van der Waals surface area contributed by atoms with Gasteiger partial charge in [-0.15, -0.1) is 11.3 Å². The fourth-order valence-corrected chi connectivity index (χ4v) is 3.64. The number of hydrogen-bond donors (Lipinski definition) is 2. The number of pyridine rings is 1. The van der Waals surface area contributed by atoms with Gasteiger partial charge in [0.1, 0.15) is 11.7 Å². The van der Waals surface area contributed by atoms with Crippen molar-refractivity contribution in [1.29, 1.82) is 5.41 Å². The smallest absolute Gasteiger partial charge is 0.269 e. The third-order valence-electron chi connectivity index (χ3n) is 4.40. The first-order valence-corrected chi connectivity index (χ1v) is 9.51. The van der Waals surface area contributed by atoms with Crippen molar-refractivity contribution in [3.63, 3.8) is 0 Å². The summed E-state index contributed by atoms with van der Waals surface area (Å²) in [5.41, 5.74) is 0. The lowest BCUT2D eigenvalue weighted by Crippen LogP contribution is -2.48. The van der Waals surface area contributed by atoms with E-state index >= 15 is 0 Å². The molecule has 3 heterocycles. The Hall–Kier alpha value is -2.51. The zero-order valence-corrected chi connectivity index (χ0v) is 15.6. The van der Waals surface area contributed by atoms with Gasteiger partial charge in [0.15, 0.2) is 0 Å². The fraction of sp³-hybridized carbons (Fsp3) is 0.316. The van der Waals surface area contributed by atoms with Gasteiger partial charge in [-0.3, -0.25) is 15.1 Å². The molecule has 2 aromatic heterocycles. The second-order valence-electron chi connectivity index (χ2n) is 6.26. The van der Waals surface area contributed by atoms with E-state index in [0.717, 1.165) is 25.9 Å². The first-order valence-electron chi connectivity index (χ1n) is 8.63. The van der Waals surface area contributed by atoms with Crippen LogP contribution in [0.5, 0.6) is 0 Å². The summed E-state index contributed by atoms with van der Waals surface area (Å²) in [4.78, 5) is 21.7. The summed E-state index contributed by atoms with van der Waals surface area (Å²) in [6.45, 7) is 1.87. The highest BCUT2D eigenvalue weighted by Crippen LogP contribution is 2.21. The molecule has 0 spiro atoms. The third kappa shape index (κ3) is 4.56. The highest BCUT2D eigenvalue weighted by atomic mass is 32.1. The fourth-order valence-electron chi connectivity index (χ4n) is 2.98. The van der Waals surface area contributed by atoms with Crippen LogP contribution in [0.15, 0.2) is 54.2 Å². The quantitative estimate of drug-likeness (QED) is 0.627. The standard InChI is InChI=1S/C19H23N5OS/c1-23-12-8-15(9-13-23)24(19(25)16-5-4-14-26-16)17(20)7-11-22-18-6-2-3-10-21-18/h2-7,10-11,14-15,20H,8-9,12-13H2,1H3,(H,21,22)/b11-7-,20-17?. The van der Waals surface area contributed by atoms with Crippen molar-refractivity contribution in [2.45, 2.75) is 18.9 Å². The van der Waals surface area contributed by atoms with Gasteiger partial charge in [0.05, 0.1) is 4.88 Å². The topological polar surface area (TPSA) is 72.3 Å². The molecular weight excluding hydrogens is 346 g/mol. The minimum absolute atomic E-state index is 0.0489. The van der Waals surface area contributed by atoms with Gasteiger partial charge in [0, 0.05) is 18.4 Å². The number of rotatable bonds is 5. The van der Waals surface area contributed by atoms with Crippen LogP contribution in [0.1, 0.15) is 22.5 Å². The first kappa shape index (κ1) is 18.3. The number of thiophene rings is 1. The highest BCUT2D eigenvalue weighted by Gasteiger charge is 2.30. The van der Waals surface area contributed by atoms with Crippen LogP contribution in [-0.2, 0) is 0 Å². The summed E-state index contributed by atoms with van der Waals surface area (Å²) in [6.07, 6.45) is 6.73. The van der Waals surface area contributed by atoms with E-state index in [1.165, 1.54) is 11.3 Å². The molecule has 0 unspecified atom stereocenters. The maximum atomic E-state index is 13.0. The normalized spacial score (nSPS) is 15.9. The second-order valence-corrected chi connectivity index (χ2v) is 7.21. The monoisotopic (exact) mass is 369 g/mol. The van der Waals surface area contributed by atoms with E-state index in [4.69, 9.17) is 5.41 Å². The molecule has 2 aromatic rings. The summed E-state index contributed by atoms with van der Waals surface area (Å²) in [7, 11) is 2.09. The number of hydrogen-bond acceptors (Lipinski definition) is 6. The number of amidine groups is 1. The molecule has 0 aromatic carbocycles. The Labute approximate surface area is 157 Å². The number of anilines is 1. The molecule has 0 aliphatic carbocycles. The SMILES string of the molecule is CN1CCC(N(C(=N)/C=C\Nc2ccccn2)C(=O)c2cccs2)CC1. The van der Waals surface area contributed by atoms with E-state index in [1.807, 2.05) is 35.7 Å². The Morgan fingerprint density at radius 2 is 2.15 bits per heavy atom. The Bertz CT molecular complexity index is 752. The van der Waals surface area contributed by atoms with Gasteiger partial charge in [0.2, 0.25) is 0 Å². The molecule has 26 heavy (non-hydrogen) atoms. The van der Waals surface area contributed by atoms with Crippen molar-refractivity contribution in [3.05, 3.63) is 59.1 Å². The van der Waals surface area contributed by atoms with E-state index in [-0.39, 0.29) is 17.8 Å². The van der Waals surface area contributed by atoms with Crippen LogP contribution in [0.3, 0.4) is 0 Å². The Kier molecular flexibility index (Phi) is 6.14. The number of piperidine rings is 1. The summed E-state index contributed by atoms with van der Waals surface area (Å²) in [5, 5.41) is 13.4. The van der Waals surface area contributed by atoms with Crippen LogP contribution in [0.25, 0.3) is 0 Å². The predicted octanol–water partition coefficient (Wildman–Crippen LogP) is 3.28. The maximum Gasteiger partial charge on any atom is 0.269 e. The number of carbonyl (C=O) groups is 1. The lowest BCUT2D eigenvalue weighted by atomic mass is 10.0. The highest BCUT2D eigenvalue weighted by molar-refractivity contribution is 7.12. The number of nitrogens with zero attached hydrogens (tertiary/aromatic N) is 3. The van der Waals surface area contributed by atoms with Crippen LogP contribution in [0.2, 0.25) is 0 Å². The summed E-state index contributed by atoms with van der Waals surface area (Å²) in [5.74, 6) is 0.801. The maximum absolute atomic E-state index is 13.0. The van der Waals surface area contributed by atoms with Crippen molar-refractivity contribution < 1.29 is 4.79 Å². The first-order chi connectivity index (χ1) is 12.6. The minimum Gasteiger partial charge on any atom is -0.347 e. The van der Waals surface area contributed by atoms with Crippen LogP contribution in [0.4, 0.5) is 5.82 Å². The average molecular weight is 369 g/mol. The molecule has 0 saturated carbocycles. The number of aromatic nitrogens is 1. The van der Waals surface area contributed by atoms with E-state index in [9.17, 15) is 4.79 Å². The molecule has 6 nitrogen and oxygen atoms in total. The second kappa shape index (κ2) is 8.73. The zero-order chi connectivity index (χ0) is 18.4. The van der Waals surface area contributed by atoms with Crippen molar-refractivity contribution in [2.24, 2.45) is 0 Å². The van der Waals surface area contributed by atoms with Gasteiger partial charge in [-0.05, 0) is 62.6 Å². The van der Waals surface area contributed by atoms with Crippen molar-refractivity contribution in [3.8, 4) is 0 Å². The molecule has 1 saturated heterocycles. The van der Waals surface area contributed by atoms with Gasteiger partial charge in [-0.2, -0.15) is 0 Å². The van der Waals surface area contributed by atoms with Gasteiger partial charge in [0.25, 0.3) is 5.91 Å². The van der Waals surface area contributed by atoms with E-state index < -0.39 is 0 Å². The van der Waals surface area contributed by atoms with Crippen LogP contribution >= 0.6 is 11.3 Å². The lowest BCUT2D eigenvalue weighted by molar-refractivity contribution is 0.0753. The third-order valence-corrected chi connectivity index (χ3v) is 5.26. The van der Waals surface area contributed by atoms with E-state index in [1.54, 1.807) is 23.4 Å². The van der Waals surface area contributed by atoms with Gasteiger partial charge >= 0.3 is 0 Å². The number of carbonyl (C=O) groups excluding carboxylic acids is 1. The molecule has 0 bridgehead atoms. The van der Waals surface area contributed by atoms with Crippen molar-refractivity contribution in [1.82, 2.24) is 14.8 Å². The van der Waals surface area contributed by atoms with Crippen molar-refractivity contribution >= 4 is 28.9 Å². The van der Waals surface area contributed by atoms with Gasteiger partial charge in [-0.1, -0.05) is 12.1 Å². The molecular formula is C19H23N5OS. The lowest BCUT2D eigenvalue weighted by Gasteiger charge is -2.36. The zero-order valence-electron chi connectivity index (χ0n) is 14.8. The predicted molar refractivity (Wildman–Crippen MR) is 106 cm³/mol. The van der Waals surface area contributed by atoms with E-state index in [0.29, 0.717) is 10.7 Å². The van der Waals surface area contributed by atoms with Crippen LogP contribution in [-0.4, -0.2) is 52.7 Å². The number of amides is 1. The molecule has 7 heteroatoms. The van der Waals surface area contributed by atoms with Gasteiger partial charge in [-0.25, -0.2) is 4.98 Å². The van der Waals surface area contributed by atoms with Crippen molar-refractivity contribution in [2.75, 3.05) is 25.5 Å². The Balaban J connectivity index is 1.73.